The summed E-state index contributed by atoms with van der Waals surface area (Å²) in [5.74, 6) is 0.524. The molecule has 0 saturated heterocycles. The van der Waals surface area contributed by atoms with Gasteiger partial charge in [-0.3, -0.25) is 4.79 Å². The minimum atomic E-state index is -0.170. The van der Waals surface area contributed by atoms with Gasteiger partial charge >= 0.3 is 0 Å². The number of imidazole rings is 1. The maximum absolute atomic E-state index is 12.5. The van der Waals surface area contributed by atoms with E-state index >= 15 is 0 Å². The second-order valence-electron chi connectivity index (χ2n) is 5.65. The number of aromatic nitrogens is 3. The molecule has 0 fully saturated rings. The van der Waals surface area contributed by atoms with Crippen molar-refractivity contribution in [2.24, 2.45) is 7.05 Å². The Labute approximate surface area is 150 Å². The summed E-state index contributed by atoms with van der Waals surface area (Å²) in [4.78, 5) is 23.1. The SMILES string of the molecule is CCN(CCO)C(=O)c1cnc2c(c1)nc(-c1ccccc1Cl)n2C. The number of hydrogen-bond acceptors (Lipinski definition) is 4. The van der Waals surface area contributed by atoms with Crippen LogP contribution in [0.1, 0.15) is 17.3 Å². The summed E-state index contributed by atoms with van der Waals surface area (Å²) in [6.45, 7) is 2.61. The standard InChI is InChI=1S/C18H19ClN4O2/c1-3-23(8-9-24)18(25)12-10-15-17(20-11-12)22(2)16(21-15)13-6-4-5-7-14(13)19/h4-7,10-11,24H,3,8-9H2,1-2H3. The lowest BCUT2D eigenvalue weighted by Gasteiger charge is -2.19. The Morgan fingerprint density at radius 3 is 2.80 bits per heavy atom. The maximum Gasteiger partial charge on any atom is 0.255 e. The number of amides is 1. The Morgan fingerprint density at radius 1 is 1.36 bits per heavy atom. The lowest BCUT2D eigenvalue weighted by molar-refractivity contribution is 0.0731. The van der Waals surface area contributed by atoms with E-state index in [-0.39, 0.29) is 12.5 Å². The molecule has 130 valence electrons. The Balaban J connectivity index is 2.05. The molecule has 0 aliphatic carbocycles. The van der Waals surface area contributed by atoms with Crippen molar-refractivity contribution in [2.75, 3.05) is 19.7 Å². The molecule has 1 aromatic carbocycles. The van der Waals surface area contributed by atoms with Gasteiger partial charge in [0, 0.05) is 31.9 Å². The monoisotopic (exact) mass is 358 g/mol. The van der Waals surface area contributed by atoms with Gasteiger partial charge < -0.3 is 14.6 Å². The van der Waals surface area contributed by atoms with Gasteiger partial charge in [0.25, 0.3) is 5.91 Å². The average molecular weight is 359 g/mol. The van der Waals surface area contributed by atoms with Crippen LogP contribution in [0.3, 0.4) is 0 Å². The van der Waals surface area contributed by atoms with Crippen LogP contribution < -0.4 is 0 Å². The van der Waals surface area contributed by atoms with Gasteiger partial charge in [-0.2, -0.15) is 0 Å². The number of aliphatic hydroxyl groups excluding tert-OH is 1. The summed E-state index contributed by atoms with van der Waals surface area (Å²) in [7, 11) is 1.87. The van der Waals surface area contributed by atoms with E-state index in [2.05, 4.69) is 9.97 Å². The minimum Gasteiger partial charge on any atom is -0.395 e. The smallest absolute Gasteiger partial charge is 0.255 e. The van der Waals surface area contributed by atoms with Crippen LogP contribution in [0.15, 0.2) is 36.5 Å². The number of nitrogens with zero attached hydrogens (tertiary/aromatic N) is 4. The molecular weight excluding hydrogens is 340 g/mol. The van der Waals surface area contributed by atoms with Crippen molar-refractivity contribution < 1.29 is 9.90 Å². The highest BCUT2D eigenvalue weighted by molar-refractivity contribution is 6.33. The highest BCUT2D eigenvalue weighted by Gasteiger charge is 2.18. The Kier molecular flexibility index (Phi) is 5.01. The highest BCUT2D eigenvalue weighted by atomic mass is 35.5. The zero-order valence-electron chi connectivity index (χ0n) is 14.1. The van der Waals surface area contributed by atoms with Crippen LogP contribution in [0.4, 0.5) is 0 Å². The maximum atomic E-state index is 12.5. The second-order valence-corrected chi connectivity index (χ2v) is 6.06. The molecule has 0 spiro atoms. The molecule has 2 aromatic heterocycles. The van der Waals surface area contributed by atoms with Crippen LogP contribution in [-0.2, 0) is 7.05 Å². The molecule has 7 heteroatoms. The van der Waals surface area contributed by atoms with Crippen LogP contribution in [0.5, 0.6) is 0 Å². The highest BCUT2D eigenvalue weighted by Crippen LogP contribution is 2.28. The molecular formula is C18H19ClN4O2. The second kappa shape index (κ2) is 7.21. The lowest BCUT2D eigenvalue weighted by atomic mass is 10.2. The average Bonchev–Trinajstić information content (AvgIpc) is 2.95. The number of rotatable bonds is 5. The topological polar surface area (TPSA) is 71.2 Å². The van der Waals surface area contributed by atoms with E-state index in [0.717, 1.165) is 5.56 Å². The summed E-state index contributed by atoms with van der Waals surface area (Å²) >= 11 is 6.28. The van der Waals surface area contributed by atoms with Gasteiger partial charge in [-0.25, -0.2) is 9.97 Å². The summed E-state index contributed by atoms with van der Waals surface area (Å²) in [5, 5.41) is 9.70. The Morgan fingerprint density at radius 2 is 2.12 bits per heavy atom. The number of halogens is 1. The first-order valence-corrected chi connectivity index (χ1v) is 8.42. The molecule has 0 unspecified atom stereocenters. The number of aliphatic hydroxyl groups is 1. The lowest BCUT2D eigenvalue weighted by Crippen LogP contribution is -2.33. The van der Waals surface area contributed by atoms with Crippen LogP contribution in [0.2, 0.25) is 5.02 Å². The number of carbonyl (C=O) groups excluding carboxylic acids is 1. The third-order valence-corrected chi connectivity index (χ3v) is 4.44. The third kappa shape index (κ3) is 3.23. The molecule has 0 aliphatic heterocycles. The summed E-state index contributed by atoms with van der Waals surface area (Å²) in [5.41, 5.74) is 2.57. The largest absolute Gasteiger partial charge is 0.395 e. The Bertz CT molecular complexity index is 923. The predicted octanol–water partition coefficient (Wildman–Crippen LogP) is 2.74. The molecule has 3 rings (SSSR count). The molecule has 2 heterocycles. The van der Waals surface area contributed by atoms with E-state index in [9.17, 15) is 4.79 Å². The van der Waals surface area contributed by atoms with Crippen molar-refractivity contribution in [3.8, 4) is 11.4 Å². The number of benzene rings is 1. The van der Waals surface area contributed by atoms with Crippen LogP contribution in [0, 0.1) is 0 Å². The van der Waals surface area contributed by atoms with E-state index in [1.807, 2.05) is 42.8 Å². The van der Waals surface area contributed by atoms with Crippen molar-refractivity contribution >= 4 is 28.7 Å². The molecule has 1 N–H and O–H groups in total. The molecule has 0 bridgehead atoms. The van der Waals surface area contributed by atoms with Gasteiger partial charge in [0.05, 0.1) is 17.2 Å². The van der Waals surface area contributed by atoms with Crippen LogP contribution >= 0.6 is 11.6 Å². The number of likely N-dealkylation sites (N-methyl/N-ethyl adjacent to an activating group) is 1. The number of pyridine rings is 1. The van der Waals surface area contributed by atoms with Crippen LogP contribution in [-0.4, -0.2) is 50.1 Å². The van der Waals surface area contributed by atoms with Gasteiger partial charge in [0.1, 0.15) is 11.3 Å². The van der Waals surface area contributed by atoms with E-state index in [1.54, 1.807) is 17.2 Å². The first kappa shape index (κ1) is 17.4. The molecule has 25 heavy (non-hydrogen) atoms. The molecule has 0 atom stereocenters. The fourth-order valence-electron chi connectivity index (χ4n) is 2.78. The molecule has 6 nitrogen and oxygen atoms in total. The van der Waals surface area contributed by atoms with Gasteiger partial charge in [0.2, 0.25) is 0 Å². The predicted molar refractivity (Wildman–Crippen MR) is 97.6 cm³/mol. The number of aryl methyl sites for hydroxylation is 1. The van der Waals surface area contributed by atoms with Crippen LogP contribution in [0.25, 0.3) is 22.6 Å². The molecule has 0 saturated carbocycles. The van der Waals surface area contributed by atoms with Gasteiger partial charge in [-0.05, 0) is 25.1 Å². The van der Waals surface area contributed by atoms with Gasteiger partial charge in [-0.15, -0.1) is 0 Å². The van der Waals surface area contributed by atoms with Gasteiger partial charge in [-0.1, -0.05) is 23.7 Å². The fraction of sp³-hybridized carbons (Fsp3) is 0.278. The fourth-order valence-corrected chi connectivity index (χ4v) is 3.00. The molecule has 0 aliphatic rings. The quantitative estimate of drug-likeness (QED) is 0.761. The van der Waals surface area contributed by atoms with Crippen molar-refractivity contribution in [3.05, 3.63) is 47.1 Å². The zero-order chi connectivity index (χ0) is 18.0. The van der Waals surface area contributed by atoms with Crippen molar-refractivity contribution in [2.45, 2.75) is 6.92 Å². The van der Waals surface area contributed by atoms with Crippen molar-refractivity contribution in [1.29, 1.82) is 0 Å². The molecule has 1 amide bonds. The first-order chi connectivity index (χ1) is 12.1. The zero-order valence-corrected chi connectivity index (χ0v) is 14.9. The number of hydrogen-bond donors (Lipinski definition) is 1. The van der Waals surface area contributed by atoms with Crippen molar-refractivity contribution in [1.82, 2.24) is 19.4 Å². The van der Waals surface area contributed by atoms with E-state index < -0.39 is 0 Å². The number of fused-ring (bicyclic) bond motifs is 1. The molecule has 0 radical (unpaired) electrons. The third-order valence-electron chi connectivity index (χ3n) is 4.11. The summed E-state index contributed by atoms with van der Waals surface area (Å²) in [6.07, 6.45) is 1.54. The minimum absolute atomic E-state index is 0.0739. The van der Waals surface area contributed by atoms with E-state index in [0.29, 0.717) is 40.7 Å². The molecule has 3 aromatic rings. The van der Waals surface area contributed by atoms with E-state index in [1.165, 1.54) is 0 Å². The first-order valence-electron chi connectivity index (χ1n) is 8.04. The normalized spacial score (nSPS) is 11.0. The number of carbonyl (C=O) groups is 1. The Hall–Kier alpha value is -2.44. The van der Waals surface area contributed by atoms with E-state index in [4.69, 9.17) is 16.7 Å². The van der Waals surface area contributed by atoms with Gasteiger partial charge in [0.15, 0.2) is 5.65 Å². The summed E-state index contributed by atoms with van der Waals surface area (Å²) < 4.78 is 1.86. The van der Waals surface area contributed by atoms with Crippen molar-refractivity contribution in [3.63, 3.8) is 0 Å². The summed E-state index contributed by atoms with van der Waals surface area (Å²) in [6, 6.07) is 9.20.